The third-order valence-corrected chi connectivity index (χ3v) is 6.28. The van der Waals surface area contributed by atoms with Crippen LogP contribution in [0.1, 0.15) is 18.9 Å². The first kappa shape index (κ1) is 18.0. The van der Waals surface area contributed by atoms with Crippen LogP contribution >= 0.6 is 0 Å². The average molecular weight is 371 g/mol. The van der Waals surface area contributed by atoms with Crippen LogP contribution in [0.3, 0.4) is 0 Å². The van der Waals surface area contributed by atoms with E-state index in [4.69, 9.17) is 5.26 Å². The summed E-state index contributed by atoms with van der Waals surface area (Å²) in [7, 11) is -3.29. The van der Waals surface area contributed by atoms with Crippen LogP contribution in [-0.2, 0) is 22.0 Å². The van der Waals surface area contributed by atoms with Crippen molar-refractivity contribution in [1.82, 2.24) is 24.1 Å². The summed E-state index contributed by atoms with van der Waals surface area (Å²) in [6.07, 6.45) is 6.67. The molecular weight excluding hydrogens is 354 g/mol. The van der Waals surface area contributed by atoms with E-state index >= 15 is 0 Å². The van der Waals surface area contributed by atoms with Crippen molar-refractivity contribution in [2.75, 3.05) is 18.8 Å². The number of nitriles is 2. The molecule has 0 amide bonds. The highest BCUT2D eigenvalue weighted by Crippen LogP contribution is 2.35. The molecule has 0 spiro atoms. The van der Waals surface area contributed by atoms with E-state index in [1.165, 1.54) is 10.6 Å². The smallest absolute Gasteiger partial charge is 0.213 e. The van der Waals surface area contributed by atoms with Crippen LogP contribution in [0.15, 0.2) is 24.9 Å². The fourth-order valence-corrected chi connectivity index (χ4v) is 4.25. The summed E-state index contributed by atoms with van der Waals surface area (Å²) >= 11 is 0. The maximum Gasteiger partial charge on any atom is 0.213 e. The Balaban J connectivity index is 1.92. The van der Waals surface area contributed by atoms with Gasteiger partial charge in [0.1, 0.15) is 11.9 Å². The standard InChI is InChI=1S/C16H17N7O2S/c1-2-26(24,25)22-10-16(11-22,4-6-18)23-9-14(8-21-23)15-13(3-5-17)7-19-12-20-15/h7-9,12H,2-4,10-11H2,1H3. The third kappa shape index (κ3) is 3.05. The summed E-state index contributed by atoms with van der Waals surface area (Å²) in [5.74, 6) is 0.0262. The van der Waals surface area contributed by atoms with E-state index in [1.807, 2.05) is 0 Å². The van der Waals surface area contributed by atoms with Gasteiger partial charge in [0, 0.05) is 36.6 Å². The minimum atomic E-state index is -3.29. The molecule has 26 heavy (non-hydrogen) atoms. The van der Waals surface area contributed by atoms with E-state index in [0.29, 0.717) is 16.8 Å². The van der Waals surface area contributed by atoms with Gasteiger partial charge >= 0.3 is 0 Å². The normalized spacial score (nSPS) is 16.4. The summed E-state index contributed by atoms with van der Waals surface area (Å²) in [6, 6.07) is 4.21. The topological polar surface area (TPSA) is 129 Å². The highest BCUT2D eigenvalue weighted by atomic mass is 32.2. The third-order valence-electron chi connectivity index (χ3n) is 4.51. The summed E-state index contributed by atoms with van der Waals surface area (Å²) in [5.41, 5.74) is 1.31. The van der Waals surface area contributed by atoms with Crippen molar-refractivity contribution in [1.29, 1.82) is 10.5 Å². The van der Waals surface area contributed by atoms with Gasteiger partial charge in [-0.2, -0.15) is 19.9 Å². The Morgan fingerprint density at radius 2 is 2.04 bits per heavy atom. The minimum Gasteiger partial charge on any atom is -0.262 e. The van der Waals surface area contributed by atoms with Gasteiger partial charge in [-0.1, -0.05) is 0 Å². The van der Waals surface area contributed by atoms with Crippen LogP contribution in [0.5, 0.6) is 0 Å². The highest BCUT2D eigenvalue weighted by molar-refractivity contribution is 7.89. The zero-order chi connectivity index (χ0) is 18.8. The molecular formula is C16H17N7O2S. The molecule has 10 heteroatoms. The molecule has 1 fully saturated rings. The van der Waals surface area contributed by atoms with E-state index in [9.17, 15) is 13.7 Å². The Hall–Kier alpha value is -2.82. The first-order valence-corrected chi connectivity index (χ1v) is 9.63. The van der Waals surface area contributed by atoms with Crippen LogP contribution in [0.4, 0.5) is 0 Å². The molecule has 9 nitrogen and oxygen atoms in total. The van der Waals surface area contributed by atoms with Gasteiger partial charge in [0.15, 0.2) is 0 Å². The Labute approximate surface area is 151 Å². The number of nitrogens with zero attached hydrogens (tertiary/aromatic N) is 7. The molecule has 0 atom stereocenters. The lowest BCUT2D eigenvalue weighted by molar-refractivity contribution is 0.0719. The molecule has 0 aromatic carbocycles. The Bertz CT molecular complexity index is 994. The van der Waals surface area contributed by atoms with Gasteiger partial charge < -0.3 is 0 Å². The predicted octanol–water partition coefficient (Wildman–Crippen LogP) is 0.680. The van der Waals surface area contributed by atoms with E-state index in [0.717, 1.165) is 0 Å². The number of rotatable bonds is 6. The van der Waals surface area contributed by atoms with Gasteiger partial charge in [-0.25, -0.2) is 18.4 Å². The minimum absolute atomic E-state index is 0.0262. The SMILES string of the molecule is CCS(=O)(=O)N1CC(CC#N)(n2cc(-c3ncncc3CC#N)cn2)C1. The van der Waals surface area contributed by atoms with Crippen molar-refractivity contribution >= 4 is 10.0 Å². The number of aromatic nitrogens is 4. The molecule has 0 saturated carbocycles. The average Bonchev–Trinajstić information content (AvgIpc) is 3.08. The quantitative estimate of drug-likeness (QED) is 0.730. The Kier molecular flexibility index (Phi) is 4.72. The lowest BCUT2D eigenvalue weighted by Gasteiger charge is -2.47. The molecule has 0 N–H and O–H groups in total. The van der Waals surface area contributed by atoms with Gasteiger partial charge in [0.25, 0.3) is 0 Å². The number of hydrogen-bond donors (Lipinski definition) is 0. The molecule has 3 heterocycles. The van der Waals surface area contributed by atoms with Crippen molar-refractivity contribution < 1.29 is 8.42 Å². The van der Waals surface area contributed by atoms with Gasteiger partial charge in [0.05, 0.1) is 42.6 Å². The summed E-state index contributed by atoms with van der Waals surface area (Å²) in [6.45, 7) is 2.02. The molecule has 2 aromatic rings. The first-order chi connectivity index (χ1) is 12.5. The zero-order valence-corrected chi connectivity index (χ0v) is 15.0. The van der Waals surface area contributed by atoms with Crippen LogP contribution in [0.25, 0.3) is 11.3 Å². The van der Waals surface area contributed by atoms with Crippen molar-refractivity contribution in [2.24, 2.45) is 0 Å². The molecule has 0 unspecified atom stereocenters. The number of sulfonamides is 1. The molecule has 0 bridgehead atoms. The fraction of sp³-hybridized carbons (Fsp3) is 0.438. The lowest BCUT2D eigenvalue weighted by atomic mass is 9.89. The highest BCUT2D eigenvalue weighted by Gasteiger charge is 2.49. The predicted molar refractivity (Wildman–Crippen MR) is 91.8 cm³/mol. The van der Waals surface area contributed by atoms with Crippen molar-refractivity contribution in [3.8, 4) is 23.4 Å². The summed E-state index contributed by atoms with van der Waals surface area (Å²) < 4.78 is 27.0. The molecule has 1 aliphatic rings. The number of hydrogen-bond acceptors (Lipinski definition) is 7. The van der Waals surface area contributed by atoms with Crippen LogP contribution < -0.4 is 0 Å². The second-order valence-electron chi connectivity index (χ2n) is 6.13. The van der Waals surface area contributed by atoms with E-state index < -0.39 is 15.6 Å². The van der Waals surface area contributed by atoms with Crippen LogP contribution in [-0.4, -0.2) is 51.3 Å². The Morgan fingerprint density at radius 3 is 2.69 bits per heavy atom. The van der Waals surface area contributed by atoms with Crippen LogP contribution in [0, 0.1) is 22.7 Å². The molecule has 1 aliphatic heterocycles. The lowest BCUT2D eigenvalue weighted by Crippen LogP contribution is -2.64. The maximum absolute atomic E-state index is 12.0. The second kappa shape index (κ2) is 6.83. The molecule has 1 saturated heterocycles. The van der Waals surface area contributed by atoms with Crippen molar-refractivity contribution in [3.05, 3.63) is 30.5 Å². The van der Waals surface area contributed by atoms with E-state index in [2.05, 4.69) is 27.2 Å². The van der Waals surface area contributed by atoms with E-state index in [-0.39, 0.29) is 31.7 Å². The first-order valence-electron chi connectivity index (χ1n) is 8.02. The molecule has 3 rings (SSSR count). The molecule has 0 radical (unpaired) electrons. The van der Waals surface area contributed by atoms with Gasteiger partial charge in [-0.05, 0) is 6.92 Å². The van der Waals surface area contributed by atoms with Crippen molar-refractivity contribution in [2.45, 2.75) is 25.3 Å². The van der Waals surface area contributed by atoms with Gasteiger partial charge in [0.2, 0.25) is 10.0 Å². The maximum atomic E-state index is 12.0. The molecule has 0 aliphatic carbocycles. The van der Waals surface area contributed by atoms with Crippen LogP contribution in [0.2, 0.25) is 0 Å². The summed E-state index contributed by atoms with van der Waals surface area (Å²) in [5, 5.41) is 22.5. The monoisotopic (exact) mass is 371 g/mol. The summed E-state index contributed by atoms with van der Waals surface area (Å²) in [4.78, 5) is 8.18. The molecule has 2 aromatic heterocycles. The van der Waals surface area contributed by atoms with Gasteiger partial charge in [-0.15, -0.1) is 0 Å². The van der Waals surface area contributed by atoms with E-state index in [1.54, 1.807) is 30.2 Å². The van der Waals surface area contributed by atoms with Gasteiger partial charge in [-0.3, -0.25) is 4.68 Å². The molecule has 134 valence electrons. The zero-order valence-electron chi connectivity index (χ0n) is 14.2. The largest absolute Gasteiger partial charge is 0.262 e. The van der Waals surface area contributed by atoms with Crippen molar-refractivity contribution in [3.63, 3.8) is 0 Å². The second-order valence-corrected chi connectivity index (χ2v) is 8.39. The fourth-order valence-electron chi connectivity index (χ4n) is 3.01. The Morgan fingerprint density at radius 1 is 1.27 bits per heavy atom.